The Balaban J connectivity index is 0. The molecule has 0 heterocycles. The Hall–Kier alpha value is 0.250. The molecule has 0 aliphatic rings. The Labute approximate surface area is 129 Å². The van der Waals surface area contributed by atoms with Crippen molar-refractivity contribution in [3.05, 3.63) is 0 Å². The highest BCUT2D eigenvalue weighted by atomic mass is 35.5. The van der Waals surface area contributed by atoms with Gasteiger partial charge >= 0.3 is 0 Å². The highest BCUT2D eigenvalue weighted by Crippen LogP contribution is 2.41. The minimum Gasteiger partial charge on any atom is -1.00 e. The van der Waals surface area contributed by atoms with Gasteiger partial charge in [0, 0.05) is 5.41 Å². The summed E-state index contributed by atoms with van der Waals surface area (Å²) in [6.07, 6.45) is 9.76. The van der Waals surface area contributed by atoms with Crippen LogP contribution < -0.4 is 12.4 Å². The molecular weight excluding hydrogens is 254 g/mol. The topological polar surface area (TPSA) is 0 Å². The SMILES string of the molecule is CCCCCCCCC(C)(C)C(C)(C)[N+](C)(C)C.[Cl-]. The van der Waals surface area contributed by atoms with Crippen molar-refractivity contribution < 1.29 is 16.9 Å². The summed E-state index contributed by atoms with van der Waals surface area (Å²) >= 11 is 0. The molecule has 0 aromatic rings. The third-order valence-electron chi connectivity index (χ3n) is 5.49. The summed E-state index contributed by atoms with van der Waals surface area (Å²) in [6, 6.07) is 0. The van der Waals surface area contributed by atoms with E-state index in [4.69, 9.17) is 0 Å². The van der Waals surface area contributed by atoms with E-state index in [0.29, 0.717) is 11.0 Å². The van der Waals surface area contributed by atoms with Gasteiger partial charge in [-0.15, -0.1) is 0 Å². The number of unbranched alkanes of at least 4 members (excludes halogenated alkanes) is 5. The zero-order valence-electron chi connectivity index (χ0n) is 14.8. The van der Waals surface area contributed by atoms with Crippen molar-refractivity contribution in [2.45, 2.75) is 85.1 Å². The summed E-state index contributed by atoms with van der Waals surface area (Å²) in [5.41, 5.74) is 0.715. The Morgan fingerprint density at radius 2 is 1.16 bits per heavy atom. The van der Waals surface area contributed by atoms with Gasteiger partial charge in [-0.2, -0.15) is 0 Å². The van der Waals surface area contributed by atoms with E-state index in [9.17, 15) is 0 Å². The molecule has 0 amide bonds. The molecule has 0 aromatic heterocycles. The van der Waals surface area contributed by atoms with Gasteiger partial charge in [0.1, 0.15) is 0 Å². The second-order valence-electron chi connectivity index (χ2n) is 7.97. The normalized spacial score (nSPS) is 13.3. The highest BCUT2D eigenvalue weighted by Gasteiger charge is 2.46. The summed E-state index contributed by atoms with van der Waals surface area (Å²) in [7, 11) is 6.97. The van der Waals surface area contributed by atoms with E-state index in [2.05, 4.69) is 55.8 Å². The van der Waals surface area contributed by atoms with Crippen LogP contribution in [0.4, 0.5) is 0 Å². The van der Waals surface area contributed by atoms with Crippen molar-refractivity contribution in [3.63, 3.8) is 0 Å². The smallest absolute Gasteiger partial charge is 0.0980 e. The van der Waals surface area contributed by atoms with Gasteiger partial charge in [0.15, 0.2) is 0 Å². The molecule has 0 saturated carbocycles. The van der Waals surface area contributed by atoms with Crippen LogP contribution in [0, 0.1) is 5.41 Å². The molecule has 0 N–H and O–H groups in total. The number of hydrogen-bond donors (Lipinski definition) is 0. The lowest BCUT2D eigenvalue weighted by Crippen LogP contribution is -3.00. The molecule has 0 atom stereocenters. The van der Waals surface area contributed by atoms with Crippen molar-refractivity contribution in [2.75, 3.05) is 21.1 Å². The molecule has 0 bridgehead atoms. The van der Waals surface area contributed by atoms with Crippen LogP contribution in [0.3, 0.4) is 0 Å². The third-order valence-corrected chi connectivity index (χ3v) is 5.49. The maximum atomic E-state index is 2.45. The van der Waals surface area contributed by atoms with E-state index in [-0.39, 0.29) is 12.4 Å². The molecule has 0 aliphatic heterocycles. The maximum absolute atomic E-state index is 2.45. The molecule has 0 rings (SSSR count). The van der Waals surface area contributed by atoms with Crippen LogP contribution in [0.15, 0.2) is 0 Å². The van der Waals surface area contributed by atoms with Crippen molar-refractivity contribution >= 4 is 0 Å². The van der Waals surface area contributed by atoms with E-state index in [1.165, 1.54) is 44.9 Å². The van der Waals surface area contributed by atoms with Crippen LogP contribution in [0.5, 0.6) is 0 Å². The van der Waals surface area contributed by atoms with Gasteiger partial charge in [-0.05, 0) is 20.3 Å². The number of quaternary nitrogens is 1. The van der Waals surface area contributed by atoms with Crippen molar-refractivity contribution in [3.8, 4) is 0 Å². The predicted octanol–water partition coefficient (Wildman–Crippen LogP) is 2.25. The van der Waals surface area contributed by atoms with Gasteiger partial charge in [0.05, 0.1) is 26.7 Å². The first-order valence-electron chi connectivity index (χ1n) is 7.88. The summed E-state index contributed by atoms with van der Waals surface area (Å²) in [4.78, 5) is 0. The van der Waals surface area contributed by atoms with E-state index in [1.807, 2.05) is 0 Å². The second kappa shape index (κ2) is 8.52. The summed E-state index contributed by atoms with van der Waals surface area (Å²) in [5, 5.41) is 0. The Morgan fingerprint density at radius 3 is 1.58 bits per heavy atom. The molecule has 0 saturated heterocycles. The van der Waals surface area contributed by atoms with Gasteiger partial charge in [-0.25, -0.2) is 0 Å². The van der Waals surface area contributed by atoms with Crippen LogP contribution in [-0.4, -0.2) is 31.2 Å². The van der Waals surface area contributed by atoms with Crippen LogP contribution >= 0.6 is 0 Å². The Kier molecular flexibility index (Phi) is 9.66. The standard InChI is InChI=1S/C17H38N.ClH/c1-9-10-11-12-13-14-15-16(2,3)17(4,5)18(6,7)8;/h9-15H2,1-8H3;1H/q+1;/p-1. The molecule has 19 heavy (non-hydrogen) atoms. The fourth-order valence-corrected chi connectivity index (χ4v) is 2.56. The number of halogens is 1. The average molecular weight is 292 g/mol. The molecule has 1 nitrogen and oxygen atoms in total. The maximum Gasteiger partial charge on any atom is 0.0980 e. The largest absolute Gasteiger partial charge is 1.00 e. The molecular formula is C17H38ClN. The van der Waals surface area contributed by atoms with Gasteiger partial charge in [0.2, 0.25) is 0 Å². The second-order valence-corrected chi connectivity index (χ2v) is 7.97. The van der Waals surface area contributed by atoms with E-state index >= 15 is 0 Å². The number of nitrogens with zero attached hydrogens (tertiary/aromatic N) is 1. The van der Waals surface area contributed by atoms with Crippen LogP contribution in [0.25, 0.3) is 0 Å². The first kappa shape index (κ1) is 21.5. The zero-order chi connectivity index (χ0) is 14.4. The van der Waals surface area contributed by atoms with Crippen molar-refractivity contribution in [1.82, 2.24) is 0 Å². The van der Waals surface area contributed by atoms with Gasteiger partial charge in [-0.3, -0.25) is 0 Å². The highest BCUT2D eigenvalue weighted by molar-refractivity contribution is 4.87. The molecule has 0 unspecified atom stereocenters. The van der Waals surface area contributed by atoms with Crippen LogP contribution in [0.1, 0.15) is 79.6 Å². The van der Waals surface area contributed by atoms with Crippen LogP contribution in [-0.2, 0) is 0 Å². The number of rotatable bonds is 9. The first-order valence-corrected chi connectivity index (χ1v) is 7.88. The summed E-state index contributed by atoms with van der Waals surface area (Å²) in [5.74, 6) is 0. The fourth-order valence-electron chi connectivity index (χ4n) is 2.56. The Morgan fingerprint density at radius 1 is 0.737 bits per heavy atom. The summed E-state index contributed by atoms with van der Waals surface area (Å²) < 4.78 is 1.04. The van der Waals surface area contributed by atoms with Gasteiger partial charge < -0.3 is 16.9 Å². The minimum absolute atomic E-state index is 0. The fraction of sp³-hybridized carbons (Fsp3) is 1.00. The van der Waals surface area contributed by atoms with Gasteiger partial charge in [0.25, 0.3) is 0 Å². The molecule has 118 valence electrons. The van der Waals surface area contributed by atoms with E-state index in [1.54, 1.807) is 0 Å². The van der Waals surface area contributed by atoms with Crippen molar-refractivity contribution in [1.29, 1.82) is 0 Å². The third kappa shape index (κ3) is 6.49. The average Bonchev–Trinajstić information content (AvgIpc) is 2.21. The Bertz CT molecular complexity index is 226. The lowest BCUT2D eigenvalue weighted by atomic mass is 9.69. The first-order chi connectivity index (χ1) is 8.06. The molecule has 0 spiro atoms. The molecule has 0 fully saturated rings. The van der Waals surface area contributed by atoms with E-state index in [0.717, 1.165) is 4.48 Å². The molecule has 2 heteroatoms. The monoisotopic (exact) mass is 291 g/mol. The lowest BCUT2D eigenvalue weighted by Gasteiger charge is -2.51. The van der Waals surface area contributed by atoms with Crippen LogP contribution in [0.2, 0.25) is 0 Å². The van der Waals surface area contributed by atoms with Crippen molar-refractivity contribution in [2.24, 2.45) is 5.41 Å². The molecule has 0 aromatic carbocycles. The quantitative estimate of drug-likeness (QED) is 0.452. The zero-order valence-corrected chi connectivity index (χ0v) is 15.5. The number of hydrogen-bond acceptors (Lipinski definition) is 0. The van der Waals surface area contributed by atoms with Gasteiger partial charge in [-0.1, -0.05) is 59.3 Å². The predicted molar refractivity (Wildman–Crippen MR) is 83.9 cm³/mol. The minimum atomic E-state index is 0. The van der Waals surface area contributed by atoms with E-state index < -0.39 is 0 Å². The molecule has 0 radical (unpaired) electrons. The molecule has 0 aliphatic carbocycles. The lowest BCUT2D eigenvalue weighted by molar-refractivity contribution is -0.928. The summed E-state index contributed by atoms with van der Waals surface area (Å²) in [6.45, 7) is 12.0.